The normalized spacial score (nSPS) is 14.1. The quantitative estimate of drug-likeness (QED) is 0.0169. The Morgan fingerprint density at radius 1 is 0.280 bits per heavy atom. The van der Waals surface area contributed by atoms with E-state index in [0.717, 1.165) is 148 Å². The fourth-order valence-electron chi connectivity index (χ4n) is 11.5. The molecule has 0 radical (unpaired) electrons. The summed E-state index contributed by atoms with van der Waals surface area (Å²) in [6.45, 7) is 4.90. The Labute approximate surface area is 610 Å². The Kier molecular flexibility index (Phi) is 72.1. The van der Waals surface area contributed by atoms with E-state index in [1.807, 2.05) is 0 Å². The molecule has 17 nitrogen and oxygen atoms in total. The van der Waals surface area contributed by atoms with E-state index in [4.69, 9.17) is 37.0 Å². The number of ether oxygens (including phenoxy) is 4. The molecule has 0 spiro atoms. The van der Waals surface area contributed by atoms with Gasteiger partial charge < -0.3 is 33.8 Å². The largest absolute Gasteiger partial charge is 0.472 e. The summed E-state index contributed by atoms with van der Waals surface area (Å²) in [5.74, 6) is -2.15. The maximum Gasteiger partial charge on any atom is 0.472 e. The second kappa shape index (κ2) is 74.3. The van der Waals surface area contributed by atoms with Crippen LogP contribution < -0.4 is 0 Å². The number of phosphoric ester groups is 2. The fourth-order valence-corrected chi connectivity index (χ4v) is 13.1. The number of aliphatic hydroxyl groups excluding tert-OH is 1. The van der Waals surface area contributed by atoms with Crippen molar-refractivity contribution in [1.82, 2.24) is 0 Å². The van der Waals surface area contributed by atoms with Crippen LogP contribution in [0.3, 0.4) is 0 Å². The van der Waals surface area contributed by atoms with Crippen LogP contribution in [0, 0.1) is 0 Å². The first-order valence-electron chi connectivity index (χ1n) is 40.9. The van der Waals surface area contributed by atoms with Crippen molar-refractivity contribution in [3.63, 3.8) is 0 Å². The van der Waals surface area contributed by atoms with Crippen molar-refractivity contribution in [2.45, 2.75) is 406 Å². The number of carbonyl (C=O) groups excluding carboxylic acids is 4. The highest BCUT2D eigenvalue weighted by Crippen LogP contribution is 2.45. The third-order valence-corrected chi connectivity index (χ3v) is 19.7. The Balaban J connectivity index is 5.28. The second-order valence-electron chi connectivity index (χ2n) is 27.7. The van der Waals surface area contributed by atoms with Gasteiger partial charge >= 0.3 is 39.5 Å². The zero-order chi connectivity index (χ0) is 73.2. The third-order valence-electron chi connectivity index (χ3n) is 17.8. The standard InChI is InChI=1S/C81H150O17P2/c1-5-9-13-17-21-25-29-32-35-36-37-38-41-43-47-50-54-58-62-66-79(84)91-71-76(97-80(85)67-63-59-55-51-45-28-24-20-16-12-8-4)73-95-99(87,88)93-69-75(82)70-94-100(89,90)96-74-77(98-81(86)68-64-60-56-52-48-44-40-34-31-27-23-19-15-11-7-3)72-92-78(83)65-61-57-53-49-46-42-39-33-30-26-22-18-14-10-6-2/h21,25,32-33,35,37-39,75-77,82H,5-20,22-24,26-31,34,36,40-74H2,1-4H3,(H,87,88)(H,89,90)/b25-21-,35-32-,38-37-,39-33-. The number of esters is 4. The Morgan fingerprint density at radius 3 is 0.780 bits per heavy atom. The minimum Gasteiger partial charge on any atom is -0.462 e. The van der Waals surface area contributed by atoms with Crippen LogP contribution in [0.25, 0.3) is 0 Å². The number of unbranched alkanes of at least 4 members (excludes halogenated alkanes) is 44. The first-order valence-corrected chi connectivity index (χ1v) is 43.9. The van der Waals surface area contributed by atoms with Crippen molar-refractivity contribution in [3.8, 4) is 0 Å². The van der Waals surface area contributed by atoms with Gasteiger partial charge in [0.15, 0.2) is 12.2 Å². The van der Waals surface area contributed by atoms with E-state index in [1.165, 1.54) is 161 Å². The molecule has 0 rings (SSSR count). The van der Waals surface area contributed by atoms with Crippen molar-refractivity contribution in [2.24, 2.45) is 0 Å². The average Bonchev–Trinajstić information content (AvgIpc) is 0.953. The molecule has 5 unspecified atom stereocenters. The lowest BCUT2D eigenvalue weighted by atomic mass is 10.0. The van der Waals surface area contributed by atoms with Crippen molar-refractivity contribution in [3.05, 3.63) is 48.6 Å². The maximum absolute atomic E-state index is 13.1. The topological polar surface area (TPSA) is 237 Å². The molecule has 0 aliphatic rings. The molecule has 0 heterocycles. The number of carbonyl (C=O) groups is 4. The number of phosphoric acid groups is 2. The smallest absolute Gasteiger partial charge is 0.462 e. The van der Waals surface area contributed by atoms with Crippen LogP contribution in [0.1, 0.15) is 387 Å². The summed E-state index contributed by atoms with van der Waals surface area (Å²) >= 11 is 0. The van der Waals surface area contributed by atoms with Crippen molar-refractivity contribution < 1.29 is 80.2 Å². The van der Waals surface area contributed by atoms with Gasteiger partial charge in [-0.3, -0.25) is 37.3 Å². The highest BCUT2D eigenvalue weighted by atomic mass is 31.2. The van der Waals surface area contributed by atoms with E-state index in [9.17, 15) is 43.2 Å². The van der Waals surface area contributed by atoms with Crippen LogP contribution in [0.2, 0.25) is 0 Å². The molecule has 19 heteroatoms. The fraction of sp³-hybridized carbons (Fsp3) is 0.852. The molecule has 3 N–H and O–H groups in total. The molecule has 0 bridgehead atoms. The summed E-state index contributed by atoms with van der Waals surface area (Å²) in [6.07, 6.45) is 72.2. The lowest BCUT2D eigenvalue weighted by molar-refractivity contribution is -0.161. The summed E-state index contributed by atoms with van der Waals surface area (Å²) in [5, 5.41) is 10.6. The van der Waals surface area contributed by atoms with Crippen LogP contribution in [0.4, 0.5) is 0 Å². The Bertz CT molecular complexity index is 2080. The van der Waals surface area contributed by atoms with Crippen LogP contribution in [-0.2, 0) is 65.4 Å². The third kappa shape index (κ3) is 73.3. The van der Waals surface area contributed by atoms with Gasteiger partial charge in [0, 0.05) is 25.7 Å². The lowest BCUT2D eigenvalue weighted by Gasteiger charge is -2.21. The van der Waals surface area contributed by atoms with Gasteiger partial charge in [-0.25, -0.2) is 9.13 Å². The lowest BCUT2D eigenvalue weighted by Crippen LogP contribution is -2.30. The van der Waals surface area contributed by atoms with E-state index < -0.39 is 97.5 Å². The summed E-state index contributed by atoms with van der Waals surface area (Å²) in [4.78, 5) is 73.0. The van der Waals surface area contributed by atoms with E-state index in [1.54, 1.807) is 0 Å². The minimum absolute atomic E-state index is 0.0987. The summed E-state index contributed by atoms with van der Waals surface area (Å²) in [7, 11) is -9.94. The minimum atomic E-state index is -4.97. The second-order valence-corrected chi connectivity index (χ2v) is 30.6. The first kappa shape index (κ1) is 97.0. The summed E-state index contributed by atoms with van der Waals surface area (Å²) in [6, 6.07) is 0. The highest BCUT2D eigenvalue weighted by Gasteiger charge is 2.30. The number of hydrogen-bond acceptors (Lipinski definition) is 15. The molecule has 0 saturated heterocycles. The van der Waals surface area contributed by atoms with Crippen LogP contribution in [0.15, 0.2) is 48.6 Å². The molecule has 0 amide bonds. The molecular formula is C81H150O17P2. The van der Waals surface area contributed by atoms with Crippen molar-refractivity contribution in [2.75, 3.05) is 39.6 Å². The molecule has 0 aliphatic carbocycles. The van der Waals surface area contributed by atoms with E-state index >= 15 is 0 Å². The molecule has 0 fully saturated rings. The van der Waals surface area contributed by atoms with E-state index in [-0.39, 0.29) is 25.7 Å². The van der Waals surface area contributed by atoms with Gasteiger partial charge in [0.2, 0.25) is 0 Å². The van der Waals surface area contributed by atoms with Gasteiger partial charge in [-0.1, -0.05) is 320 Å². The number of aliphatic hydroxyl groups is 1. The maximum atomic E-state index is 13.1. The molecule has 5 atom stereocenters. The van der Waals surface area contributed by atoms with Crippen LogP contribution in [0.5, 0.6) is 0 Å². The zero-order valence-corrected chi connectivity index (χ0v) is 65.9. The Hall–Kier alpha value is -2.98. The van der Waals surface area contributed by atoms with Crippen LogP contribution in [-0.4, -0.2) is 96.7 Å². The van der Waals surface area contributed by atoms with Crippen molar-refractivity contribution in [1.29, 1.82) is 0 Å². The molecule has 0 aromatic carbocycles. The zero-order valence-electron chi connectivity index (χ0n) is 64.1. The van der Waals surface area contributed by atoms with Crippen molar-refractivity contribution >= 4 is 39.5 Å². The average molecular weight is 1460 g/mol. The number of allylic oxidation sites excluding steroid dienone is 8. The molecule has 100 heavy (non-hydrogen) atoms. The monoisotopic (exact) mass is 1460 g/mol. The van der Waals surface area contributed by atoms with Crippen LogP contribution >= 0.6 is 15.6 Å². The molecule has 0 aromatic rings. The predicted octanol–water partition coefficient (Wildman–Crippen LogP) is 23.7. The van der Waals surface area contributed by atoms with E-state index in [2.05, 4.69) is 76.3 Å². The number of hydrogen-bond donors (Lipinski definition) is 3. The molecule has 0 saturated carbocycles. The molecule has 0 aromatic heterocycles. The van der Waals surface area contributed by atoms with Gasteiger partial charge in [0.05, 0.1) is 26.4 Å². The SMILES string of the molecule is CCCCC/C=C\C/C=C\C/C=C\CCCCCCCCC(=O)OCC(COP(=O)(O)OCC(O)COP(=O)(O)OCC(COC(=O)CCCCCCC/C=C\CCCCCCCC)OC(=O)CCCCCCCCCCCCCCCCC)OC(=O)CCCCCCCCCCCCC. The van der Waals surface area contributed by atoms with E-state index in [0.29, 0.717) is 25.7 Å². The molecular weight excluding hydrogens is 1310 g/mol. The molecule has 0 aliphatic heterocycles. The predicted molar refractivity (Wildman–Crippen MR) is 409 cm³/mol. The van der Waals surface area contributed by atoms with Gasteiger partial charge in [-0.15, -0.1) is 0 Å². The Morgan fingerprint density at radius 2 is 0.490 bits per heavy atom. The number of rotatable bonds is 78. The molecule has 586 valence electrons. The van der Waals surface area contributed by atoms with Gasteiger partial charge in [-0.05, 0) is 89.9 Å². The first-order chi connectivity index (χ1) is 48.7. The van der Waals surface area contributed by atoms with Gasteiger partial charge in [-0.2, -0.15) is 0 Å². The van der Waals surface area contributed by atoms with Gasteiger partial charge in [0.1, 0.15) is 19.3 Å². The highest BCUT2D eigenvalue weighted by molar-refractivity contribution is 7.47. The summed E-state index contributed by atoms with van der Waals surface area (Å²) < 4.78 is 68.6. The van der Waals surface area contributed by atoms with Gasteiger partial charge in [0.25, 0.3) is 0 Å². The summed E-state index contributed by atoms with van der Waals surface area (Å²) in [5.41, 5.74) is 0.